The molecule has 0 aliphatic rings. The Bertz CT molecular complexity index is 345. The first kappa shape index (κ1) is 12.7. The van der Waals surface area contributed by atoms with Gasteiger partial charge in [0.1, 0.15) is 11.6 Å². The molecule has 4 heteroatoms. The monoisotopic (exact) mass is 223 g/mol. The van der Waals surface area contributed by atoms with Gasteiger partial charge >= 0.3 is 0 Å². The Morgan fingerprint density at radius 2 is 2.00 bits per heavy atom. The number of nitrogens with zero attached hydrogens (tertiary/aromatic N) is 2. The lowest BCUT2D eigenvalue weighted by atomic mass is 9.96. The first-order chi connectivity index (χ1) is 7.47. The SMILES string of the molecule is CCCOc1cc(NC)nc(C(C)(C)C)n1. The Kier molecular flexibility index (Phi) is 4.10. The van der Waals surface area contributed by atoms with Crippen molar-refractivity contribution in [2.24, 2.45) is 0 Å². The van der Waals surface area contributed by atoms with E-state index in [1.165, 1.54) is 0 Å². The van der Waals surface area contributed by atoms with Crippen LogP contribution in [0.1, 0.15) is 39.9 Å². The predicted molar refractivity (Wildman–Crippen MR) is 66.1 cm³/mol. The molecule has 1 N–H and O–H groups in total. The molecule has 4 nitrogen and oxygen atoms in total. The van der Waals surface area contributed by atoms with Gasteiger partial charge in [-0.05, 0) is 6.42 Å². The lowest BCUT2D eigenvalue weighted by molar-refractivity contribution is 0.301. The van der Waals surface area contributed by atoms with Crippen LogP contribution in [0.4, 0.5) is 5.82 Å². The molecule has 0 unspecified atom stereocenters. The van der Waals surface area contributed by atoms with Crippen LogP contribution in [-0.4, -0.2) is 23.6 Å². The molecule has 1 rings (SSSR count). The van der Waals surface area contributed by atoms with Crippen LogP contribution >= 0.6 is 0 Å². The van der Waals surface area contributed by atoms with Gasteiger partial charge in [-0.1, -0.05) is 27.7 Å². The normalized spacial score (nSPS) is 11.3. The Labute approximate surface area is 97.5 Å². The van der Waals surface area contributed by atoms with Crippen molar-refractivity contribution in [3.8, 4) is 5.88 Å². The number of rotatable bonds is 4. The van der Waals surface area contributed by atoms with Crippen LogP contribution in [0.5, 0.6) is 5.88 Å². The van der Waals surface area contributed by atoms with Gasteiger partial charge in [0.05, 0.1) is 6.61 Å². The van der Waals surface area contributed by atoms with Gasteiger partial charge in [-0.2, -0.15) is 4.98 Å². The molecule has 0 saturated carbocycles. The molecule has 0 radical (unpaired) electrons. The molecule has 0 saturated heterocycles. The summed E-state index contributed by atoms with van der Waals surface area (Å²) in [4.78, 5) is 8.85. The number of aromatic nitrogens is 2. The number of hydrogen-bond acceptors (Lipinski definition) is 4. The average Bonchev–Trinajstić information content (AvgIpc) is 2.24. The molecule has 0 amide bonds. The zero-order valence-electron chi connectivity index (χ0n) is 10.8. The van der Waals surface area contributed by atoms with E-state index in [2.05, 4.69) is 43.0 Å². The quantitative estimate of drug-likeness (QED) is 0.852. The van der Waals surface area contributed by atoms with Gasteiger partial charge < -0.3 is 10.1 Å². The second kappa shape index (κ2) is 5.14. The second-order valence-corrected chi connectivity index (χ2v) is 4.76. The van der Waals surface area contributed by atoms with Crippen LogP contribution in [-0.2, 0) is 5.41 Å². The number of anilines is 1. The minimum Gasteiger partial charge on any atom is -0.478 e. The third-order valence-electron chi connectivity index (χ3n) is 2.08. The summed E-state index contributed by atoms with van der Waals surface area (Å²) in [7, 11) is 1.85. The summed E-state index contributed by atoms with van der Waals surface area (Å²) in [6.45, 7) is 9.02. The summed E-state index contributed by atoms with van der Waals surface area (Å²) in [5.74, 6) is 2.24. The van der Waals surface area contributed by atoms with E-state index in [1.807, 2.05) is 13.1 Å². The summed E-state index contributed by atoms with van der Waals surface area (Å²) in [6, 6.07) is 1.82. The van der Waals surface area contributed by atoms with Crippen LogP contribution in [0.25, 0.3) is 0 Å². The first-order valence-electron chi connectivity index (χ1n) is 5.67. The van der Waals surface area contributed by atoms with Gasteiger partial charge in [-0.15, -0.1) is 0 Å². The van der Waals surface area contributed by atoms with E-state index in [9.17, 15) is 0 Å². The molecule has 0 fully saturated rings. The highest BCUT2D eigenvalue weighted by atomic mass is 16.5. The van der Waals surface area contributed by atoms with Crippen LogP contribution < -0.4 is 10.1 Å². The third-order valence-corrected chi connectivity index (χ3v) is 2.08. The molecule has 1 heterocycles. The fourth-order valence-electron chi connectivity index (χ4n) is 1.17. The van der Waals surface area contributed by atoms with E-state index in [0.717, 1.165) is 18.1 Å². The van der Waals surface area contributed by atoms with Crippen LogP contribution in [0, 0.1) is 0 Å². The molecule has 0 aliphatic heterocycles. The molecule has 0 atom stereocenters. The van der Waals surface area contributed by atoms with Crippen molar-refractivity contribution in [1.82, 2.24) is 9.97 Å². The van der Waals surface area contributed by atoms with Crippen molar-refractivity contribution < 1.29 is 4.74 Å². The molecule has 0 bridgehead atoms. The van der Waals surface area contributed by atoms with Gasteiger partial charge in [0.2, 0.25) is 5.88 Å². The van der Waals surface area contributed by atoms with Crippen molar-refractivity contribution in [3.63, 3.8) is 0 Å². The molecule has 0 spiro atoms. The van der Waals surface area contributed by atoms with Gasteiger partial charge in [-0.25, -0.2) is 4.98 Å². The van der Waals surface area contributed by atoms with E-state index >= 15 is 0 Å². The van der Waals surface area contributed by atoms with E-state index < -0.39 is 0 Å². The number of hydrogen-bond donors (Lipinski definition) is 1. The Morgan fingerprint density at radius 3 is 2.50 bits per heavy atom. The summed E-state index contributed by atoms with van der Waals surface area (Å²) in [6.07, 6.45) is 0.976. The van der Waals surface area contributed by atoms with Crippen molar-refractivity contribution >= 4 is 5.82 Å². The molecule has 1 aromatic heterocycles. The van der Waals surface area contributed by atoms with Gasteiger partial charge in [0, 0.05) is 18.5 Å². The van der Waals surface area contributed by atoms with Crippen molar-refractivity contribution in [2.45, 2.75) is 39.5 Å². The lowest BCUT2D eigenvalue weighted by Crippen LogP contribution is -2.17. The molecular formula is C12H21N3O. The van der Waals surface area contributed by atoms with Crippen molar-refractivity contribution in [3.05, 3.63) is 11.9 Å². The highest BCUT2D eigenvalue weighted by Crippen LogP contribution is 2.23. The van der Waals surface area contributed by atoms with Gasteiger partial charge in [0.25, 0.3) is 0 Å². The highest BCUT2D eigenvalue weighted by Gasteiger charge is 2.19. The summed E-state index contributed by atoms with van der Waals surface area (Å²) < 4.78 is 5.54. The molecule has 1 aromatic rings. The standard InChI is InChI=1S/C12H21N3O/c1-6-7-16-10-8-9(13-5)14-11(15-10)12(2,3)4/h8H,6-7H2,1-5H3,(H,13,14,15). The van der Waals surface area contributed by atoms with E-state index in [0.29, 0.717) is 12.5 Å². The second-order valence-electron chi connectivity index (χ2n) is 4.76. The summed E-state index contributed by atoms with van der Waals surface area (Å²) in [5.41, 5.74) is -0.0722. The zero-order chi connectivity index (χ0) is 12.2. The van der Waals surface area contributed by atoms with E-state index in [-0.39, 0.29) is 5.41 Å². The van der Waals surface area contributed by atoms with Crippen LogP contribution in [0.15, 0.2) is 6.07 Å². The van der Waals surface area contributed by atoms with Crippen LogP contribution in [0.2, 0.25) is 0 Å². The van der Waals surface area contributed by atoms with E-state index in [1.54, 1.807) is 0 Å². The van der Waals surface area contributed by atoms with Crippen LogP contribution in [0.3, 0.4) is 0 Å². The maximum absolute atomic E-state index is 5.54. The molecule has 90 valence electrons. The Hall–Kier alpha value is -1.32. The lowest BCUT2D eigenvalue weighted by Gasteiger charge is -2.18. The molecule has 16 heavy (non-hydrogen) atoms. The number of ether oxygens (including phenoxy) is 1. The molecule has 0 aliphatic carbocycles. The average molecular weight is 223 g/mol. The van der Waals surface area contributed by atoms with Crippen molar-refractivity contribution in [1.29, 1.82) is 0 Å². The first-order valence-corrected chi connectivity index (χ1v) is 5.67. The minimum atomic E-state index is -0.0722. The Balaban J connectivity index is 3.01. The summed E-state index contributed by atoms with van der Waals surface area (Å²) in [5, 5.41) is 3.03. The summed E-state index contributed by atoms with van der Waals surface area (Å²) >= 11 is 0. The smallest absolute Gasteiger partial charge is 0.218 e. The fraction of sp³-hybridized carbons (Fsp3) is 0.667. The predicted octanol–water partition coefficient (Wildman–Crippen LogP) is 2.60. The fourth-order valence-corrected chi connectivity index (χ4v) is 1.17. The maximum Gasteiger partial charge on any atom is 0.218 e. The van der Waals surface area contributed by atoms with Gasteiger partial charge in [0.15, 0.2) is 0 Å². The molecule has 0 aromatic carbocycles. The minimum absolute atomic E-state index is 0.0722. The topological polar surface area (TPSA) is 47.0 Å². The molecular weight excluding hydrogens is 202 g/mol. The number of nitrogens with one attached hydrogen (secondary N) is 1. The largest absolute Gasteiger partial charge is 0.478 e. The highest BCUT2D eigenvalue weighted by molar-refractivity contribution is 5.38. The van der Waals surface area contributed by atoms with Gasteiger partial charge in [-0.3, -0.25) is 0 Å². The van der Waals surface area contributed by atoms with E-state index in [4.69, 9.17) is 4.74 Å². The maximum atomic E-state index is 5.54. The Morgan fingerprint density at radius 1 is 1.31 bits per heavy atom. The van der Waals surface area contributed by atoms with Crippen molar-refractivity contribution in [2.75, 3.05) is 19.0 Å². The third kappa shape index (κ3) is 3.36. The zero-order valence-corrected chi connectivity index (χ0v) is 10.8.